The van der Waals surface area contributed by atoms with Crippen LogP contribution in [-0.2, 0) is 32.0 Å². The van der Waals surface area contributed by atoms with Crippen molar-refractivity contribution in [3.63, 3.8) is 0 Å². The third-order valence-corrected chi connectivity index (χ3v) is 11.3. The summed E-state index contributed by atoms with van der Waals surface area (Å²) in [5.74, 6) is -0.658. The Labute approximate surface area is 362 Å². The third kappa shape index (κ3) is 11.3. The molecule has 1 aliphatic heterocycles. The molecule has 320 valence electrons. The second-order valence-corrected chi connectivity index (χ2v) is 17.0. The number of ether oxygens (including phenoxy) is 3. The number of nitrogens with zero attached hydrogens (tertiary/aromatic N) is 3. The molecule has 1 heterocycles. The number of rotatable bonds is 15. The van der Waals surface area contributed by atoms with Crippen LogP contribution in [0.25, 0.3) is 11.1 Å². The fraction of sp³-hybridized carbons (Fsp3) is 0.413. The van der Waals surface area contributed by atoms with Gasteiger partial charge in [-0.25, -0.2) is 14.0 Å². The van der Waals surface area contributed by atoms with Crippen molar-refractivity contribution in [3.8, 4) is 11.1 Å². The van der Waals surface area contributed by atoms with E-state index in [2.05, 4.69) is 39.8 Å². The maximum atomic E-state index is 15.0. The van der Waals surface area contributed by atoms with E-state index < -0.39 is 29.6 Å². The van der Waals surface area contributed by atoms with Crippen molar-refractivity contribution in [2.24, 2.45) is 0 Å². The summed E-state index contributed by atoms with van der Waals surface area (Å²) in [4.78, 5) is 45.9. The van der Waals surface area contributed by atoms with Crippen molar-refractivity contribution in [3.05, 3.63) is 123 Å². The van der Waals surface area contributed by atoms with Gasteiger partial charge in [0.25, 0.3) is 0 Å². The van der Waals surface area contributed by atoms with Gasteiger partial charge in [0.2, 0.25) is 5.91 Å². The predicted molar refractivity (Wildman–Crippen MR) is 233 cm³/mol. The summed E-state index contributed by atoms with van der Waals surface area (Å²) < 4.78 is 31.9. The van der Waals surface area contributed by atoms with Crippen molar-refractivity contribution in [1.29, 1.82) is 0 Å². The number of methoxy groups -OCH3 is 1. The van der Waals surface area contributed by atoms with E-state index >= 15 is 0 Å². The molecule has 6 rings (SSSR count). The smallest absolute Gasteiger partial charge is 0.410 e. The number of hydrogen-bond acceptors (Lipinski definition) is 8. The molecule has 60 heavy (non-hydrogen) atoms. The maximum Gasteiger partial charge on any atom is 0.410 e. The largest absolute Gasteiger partial charge is 0.448 e. The number of halogens is 3. The van der Waals surface area contributed by atoms with E-state index in [9.17, 15) is 18.8 Å². The zero-order valence-electron chi connectivity index (χ0n) is 34.8. The summed E-state index contributed by atoms with van der Waals surface area (Å²) in [6.45, 7) is 10.0. The monoisotopic (exact) mass is 861 g/mol. The SMILES string of the molecule is COCC(C)N(Cc1cc(F)ccc1N1CCN(C(=O)C(Cc2ccc(Cl)cc2Cl)NCCNC(=O)OC(C)(C)C)CC1)C(=O)OCC1c2ccccc2-c2ccccc21. The van der Waals surface area contributed by atoms with Crippen LogP contribution in [0.2, 0.25) is 10.0 Å². The van der Waals surface area contributed by atoms with E-state index in [1.54, 1.807) is 61.9 Å². The Bertz CT molecular complexity index is 2100. The number of nitrogens with one attached hydrogen (secondary N) is 2. The molecule has 0 radical (unpaired) electrons. The first-order valence-electron chi connectivity index (χ1n) is 20.3. The highest BCUT2D eigenvalue weighted by Gasteiger charge is 2.33. The van der Waals surface area contributed by atoms with Gasteiger partial charge in [-0.1, -0.05) is 77.8 Å². The number of hydrogen-bond donors (Lipinski definition) is 2. The number of benzene rings is 4. The molecule has 2 atom stereocenters. The third-order valence-electron chi connectivity index (χ3n) is 10.7. The van der Waals surface area contributed by atoms with Crippen LogP contribution >= 0.6 is 23.2 Å². The van der Waals surface area contributed by atoms with Crippen LogP contribution in [0.3, 0.4) is 0 Å². The zero-order valence-corrected chi connectivity index (χ0v) is 36.3. The minimum atomic E-state index is -0.648. The first-order valence-corrected chi connectivity index (χ1v) is 21.0. The quantitative estimate of drug-likeness (QED) is 0.115. The Morgan fingerprint density at radius 2 is 1.55 bits per heavy atom. The number of fused-ring (bicyclic) bond motifs is 3. The van der Waals surface area contributed by atoms with E-state index in [0.717, 1.165) is 33.5 Å². The molecule has 4 aromatic carbocycles. The standard InChI is InChI=1S/C46H54Cl2FN5O6/c1-30(28-58-5)54(45(57)59-29-39-37-12-8-6-10-35(37)36-11-7-9-13-38(36)39)27-32-24-34(49)16-17-42(32)52-20-22-53(23-21-52)43(55)41(25-31-14-15-33(47)26-40(31)48)50-18-19-51-44(56)60-46(2,3)4/h6-17,24,26,30,39,41,50H,18-23,25,27-29H2,1-5H3,(H,51,56). The van der Waals surface area contributed by atoms with Crippen LogP contribution in [0.1, 0.15) is 55.9 Å². The molecule has 1 fully saturated rings. The Morgan fingerprint density at radius 3 is 2.18 bits per heavy atom. The summed E-state index contributed by atoms with van der Waals surface area (Å²) in [5.41, 5.74) is 5.98. The van der Waals surface area contributed by atoms with Crippen molar-refractivity contribution in [1.82, 2.24) is 20.4 Å². The Balaban J connectivity index is 1.13. The zero-order chi connectivity index (χ0) is 43.0. The van der Waals surface area contributed by atoms with Crippen LogP contribution in [0.4, 0.5) is 19.7 Å². The molecule has 1 saturated heterocycles. The van der Waals surface area contributed by atoms with Crippen LogP contribution in [-0.4, -0.2) is 105 Å². The van der Waals surface area contributed by atoms with Crippen LogP contribution < -0.4 is 15.5 Å². The van der Waals surface area contributed by atoms with Crippen LogP contribution in [0.15, 0.2) is 84.9 Å². The van der Waals surface area contributed by atoms with Crippen LogP contribution in [0.5, 0.6) is 0 Å². The first-order chi connectivity index (χ1) is 28.7. The molecule has 2 unspecified atom stereocenters. The fourth-order valence-electron chi connectivity index (χ4n) is 7.85. The van der Waals surface area contributed by atoms with Gasteiger partial charge in [-0.2, -0.15) is 0 Å². The number of carbonyl (C=O) groups is 3. The first kappa shape index (κ1) is 44.7. The van der Waals surface area contributed by atoms with Gasteiger partial charge < -0.3 is 34.6 Å². The lowest BCUT2D eigenvalue weighted by Gasteiger charge is -2.39. The van der Waals surface area contributed by atoms with Crippen molar-refractivity contribution < 1.29 is 33.0 Å². The number of amides is 3. The highest BCUT2D eigenvalue weighted by molar-refractivity contribution is 6.35. The summed E-state index contributed by atoms with van der Waals surface area (Å²) in [7, 11) is 1.58. The van der Waals surface area contributed by atoms with Gasteiger partial charge >= 0.3 is 12.2 Å². The molecule has 0 saturated carbocycles. The summed E-state index contributed by atoms with van der Waals surface area (Å²) in [5, 5.41) is 6.98. The lowest BCUT2D eigenvalue weighted by molar-refractivity contribution is -0.133. The van der Waals surface area contributed by atoms with E-state index in [1.807, 2.05) is 31.2 Å². The van der Waals surface area contributed by atoms with Gasteiger partial charge in [-0.05, 0) is 97.8 Å². The van der Waals surface area contributed by atoms with Gasteiger partial charge in [-0.3, -0.25) is 9.69 Å². The highest BCUT2D eigenvalue weighted by Crippen LogP contribution is 2.44. The molecule has 2 N–H and O–H groups in total. The maximum absolute atomic E-state index is 15.0. The summed E-state index contributed by atoms with van der Waals surface area (Å²) in [6, 6.07) is 25.1. The summed E-state index contributed by atoms with van der Waals surface area (Å²) >= 11 is 12.7. The van der Waals surface area contributed by atoms with Gasteiger partial charge in [0, 0.05) is 68.0 Å². The van der Waals surface area contributed by atoms with E-state index in [1.165, 1.54) is 12.1 Å². The molecule has 3 amide bonds. The highest BCUT2D eigenvalue weighted by atomic mass is 35.5. The normalized spacial score (nSPS) is 14.9. The van der Waals surface area contributed by atoms with Gasteiger partial charge in [0.05, 0.1) is 25.2 Å². The Morgan fingerprint density at radius 1 is 0.883 bits per heavy atom. The molecular formula is C46H54Cl2FN5O6. The number of piperazine rings is 1. The van der Waals surface area contributed by atoms with E-state index in [4.69, 9.17) is 37.4 Å². The lowest BCUT2D eigenvalue weighted by Crippen LogP contribution is -2.55. The molecule has 14 heteroatoms. The van der Waals surface area contributed by atoms with Crippen LogP contribution in [0, 0.1) is 5.82 Å². The number of carbonyl (C=O) groups excluding carboxylic acids is 3. The second-order valence-electron chi connectivity index (χ2n) is 16.2. The minimum Gasteiger partial charge on any atom is -0.448 e. The van der Waals surface area contributed by atoms with E-state index in [0.29, 0.717) is 54.8 Å². The van der Waals surface area contributed by atoms with Gasteiger partial charge in [-0.15, -0.1) is 0 Å². The van der Waals surface area contributed by atoms with E-state index in [-0.39, 0.29) is 44.2 Å². The molecule has 4 aromatic rings. The molecule has 2 aliphatic rings. The summed E-state index contributed by atoms with van der Waals surface area (Å²) in [6.07, 6.45) is -0.763. The molecule has 0 bridgehead atoms. The predicted octanol–water partition coefficient (Wildman–Crippen LogP) is 8.29. The molecular weight excluding hydrogens is 808 g/mol. The molecule has 0 spiro atoms. The minimum absolute atomic E-state index is 0.0820. The molecule has 1 aliphatic carbocycles. The number of alkyl carbamates (subject to hydrolysis) is 1. The lowest BCUT2D eigenvalue weighted by atomic mass is 9.98. The average molecular weight is 863 g/mol. The fourth-order valence-corrected chi connectivity index (χ4v) is 8.33. The van der Waals surface area contributed by atoms with Crippen molar-refractivity contribution in [2.75, 3.05) is 64.5 Å². The average Bonchev–Trinajstić information content (AvgIpc) is 3.53. The molecule has 0 aromatic heterocycles. The van der Waals surface area contributed by atoms with Crippen molar-refractivity contribution >= 4 is 47.0 Å². The van der Waals surface area contributed by atoms with Crippen molar-refractivity contribution in [2.45, 2.75) is 64.3 Å². The Kier molecular flexibility index (Phi) is 15.0. The van der Waals surface area contributed by atoms with Gasteiger partial charge in [0.15, 0.2) is 0 Å². The van der Waals surface area contributed by atoms with Gasteiger partial charge in [0.1, 0.15) is 18.0 Å². The Hall–Kier alpha value is -4.88. The molecule has 11 nitrogen and oxygen atoms in total. The topological polar surface area (TPSA) is 113 Å². The number of anilines is 1. The second kappa shape index (κ2) is 20.1.